The van der Waals surface area contributed by atoms with E-state index in [2.05, 4.69) is 9.97 Å². The highest BCUT2D eigenvalue weighted by molar-refractivity contribution is 6.17. The topological polar surface area (TPSA) is 73.8 Å². The van der Waals surface area contributed by atoms with Crippen LogP contribution in [0.25, 0.3) is 11.2 Å². The zero-order chi connectivity index (χ0) is 14.0. The highest BCUT2D eigenvalue weighted by Crippen LogP contribution is 2.22. The Morgan fingerprint density at radius 3 is 2.95 bits per heavy atom. The third-order valence-electron chi connectivity index (χ3n) is 3.00. The number of halogens is 1. The summed E-state index contributed by atoms with van der Waals surface area (Å²) in [4.78, 5) is 20.1. The lowest BCUT2D eigenvalue weighted by Crippen LogP contribution is -2.19. The first-order chi connectivity index (χ1) is 9.02. The van der Waals surface area contributed by atoms with Crippen molar-refractivity contribution in [1.29, 1.82) is 0 Å². The van der Waals surface area contributed by atoms with Crippen LogP contribution in [-0.4, -0.2) is 26.3 Å². The highest BCUT2D eigenvalue weighted by atomic mass is 35.5. The van der Waals surface area contributed by atoms with Crippen molar-refractivity contribution in [3.8, 4) is 0 Å². The number of amides is 1. The molecule has 0 spiro atoms. The molecule has 1 unspecified atom stereocenters. The lowest BCUT2D eigenvalue weighted by molar-refractivity contribution is -0.118. The van der Waals surface area contributed by atoms with Gasteiger partial charge in [-0.15, -0.1) is 11.6 Å². The monoisotopic (exact) mass is 280 g/mol. The first-order valence-corrected chi connectivity index (χ1v) is 6.74. The molecular formula is C13H17ClN4O. The molecule has 0 bridgehead atoms. The molecule has 0 aliphatic carbocycles. The average Bonchev–Trinajstić information content (AvgIpc) is 2.65. The Morgan fingerprint density at radius 2 is 2.32 bits per heavy atom. The Bertz CT molecular complexity index is 608. The van der Waals surface area contributed by atoms with E-state index in [1.807, 2.05) is 24.5 Å². The highest BCUT2D eigenvalue weighted by Gasteiger charge is 2.18. The summed E-state index contributed by atoms with van der Waals surface area (Å²) in [6.45, 7) is 3.91. The molecule has 0 aromatic carbocycles. The Hall–Kier alpha value is -1.62. The van der Waals surface area contributed by atoms with E-state index in [0.717, 1.165) is 22.6 Å². The number of alkyl halides is 1. The second-order valence-electron chi connectivity index (χ2n) is 4.71. The van der Waals surface area contributed by atoms with Crippen molar-refractivity contribution in [1.82, 2.24) is 14.5 Å². The van der Waals surface area contributed by atoms with Crippen LogP contribution in [0.3, 0.4) is 0 Å². The number of aryl methyl sites for hydroxylation is 2. The number of fused-ring (bicyclic) bond motifs is 1. The number of pyridine rings is 1. The zero-order valence-corrected chi connectivity index (χ0v) is 11.8. The molecule has 0 saturated heterocycles. The molecule has 0 saturated carbocycles. The van der Waals surface area contributed by atoms with Gasteiger partial charge in [0.1, 0.15) is 11.3 Å². The van der Waals surface area contributed by atoms with E-state index >= 15 is 0 Å². The van der Waals surface area contributed by atoms with Gasteiger partial charge in [0.2, 0.25) is 5.91 Å². The van der Waals surface area contributed by atoms with Gasteiger partial charge in [-0.05, 0) is 25.5 Å². The molecule has 1 atom stereocenters. The van der Waals surface area contributed by atoms with Crippen molar-refractivity contribution in [3.05, 3.63) is 23.7 Å². The normalized spacial score (nSPS) is 12.8. The molecule has 0 aliphatic rings. The Morgan fingerprint density at radius 1 is 1.58 bits per heavy atom. The number of primary amides is 1. The summed E-state index contributed by atoms with van der Waals surface area (Å²) in [5.41, 5.74) is 7.93. The summed E-state index contributed by atoms with van der Waals surface area (Å²) < 4.78 is 1.96. The molecule has 0 aliphatic heterocycles. The number of carbonyl (C=O) groups excluding carboxylic acids is 1. The van der Waals surface area contributed by atoms with E-state index in [4.69, 9.17) is 17.3 Å². The minimum absolute atomic E-state index is 0.0732. The number of carbonyl (C=O) groups is 1. The Kier molecular flexibility index (Phi) is 4.04. The van der Waals surface area contributed by atoms with Gasteiger partial charge in [0.15, 0.2) is 5.65 Å². The molecular weight excluding hydrogens is 264 g/mol. The average molecular weight is 281 g/mol. The standard InChI is InChI=1S/C13H17ClN4O/c1-8-5-10-13(16-7-8)18(9(2)6-11(15)19)12(17-10)3-4-14/h5,7,9H,3-4,6H2,1-2H3,(H2,15,19). The summed E-state index contributed by atoms with van der Waals surface area (Å²) in [5.74, 6) is 0.987. The summed E-state index contributed by atoms with van der Waals surface area (Å²) in [6.07, 6.45) is 2.69. The number of aromatic nitrogens is 3. The summed E-state index contributed by atoms with van der Waals surface area (Å²) in [7, 11) is 0. The molecule has 2 N–H and O–H groups in total. The van der Waals surface area contributed by atoms with Crippen molar-refractivity contribution in [2.24, 2.45) is 5.73 Å². The van der Waals surface area contributed by atoms with Gasteiger partial charge in [0.25, 0.3) is 0 Å². The number of rotatable bonds is 5. The molecule has 102 valence electrons. The lowest BCUT2D eigenvalue weighted by Gasteiger charge is -2.15. The molecule has 1 amide bonds. The van der Waals surface area contributed by atoms with Gasteiger partial charge in [0, 0.05) is 31.0 Å². The Balaban J connectivity index is 2.54. The molecule has 2 rings (SSSR count). The van der Waals surface area contributed by atoms with Gasteiger partial charge in [-0.1, -0.05) is 0 Å². The maximum Gasteiger partial charge on any atom is 0.219 e. The quantitative estimate of drug-likeness (QED) is 0.851. The fraction of sp³-hybridized carbons (Fsp3) is 0.462. The SMILES string of the molecule is Cc1cnc2c(c1)nc(CCCl)n2C(C)CC(N)=O. The van der Waals surface area contributed by atoms with Crippen LogP contribution in [0.4, 0.5) is 0 Å². The number of nitrogens with zero attached hydrogens (tertiary/aromatic N) is 3. The predicted octanol–water partition coefficient (Wildman–Crippen LogP) is 1.96. The van der Waals surface area contributed by atoms with Crippen LogP contribution in [0, 0.1) is 6.92 Å². The summed E-state index contributed by atoms with van der Waals surface area (Å²) in [6, 6.07) is 1.91. The van der Waals surface area contributed by atoms with E-state index in [0.29, 0.717) is 12.3 Å². The Labute approximate surface area is 116 Å². The van der Waals surface area contributed by atoms with E-state index in [1.54, 1.807) is 6.20 Å². The maximum absolute atomic E-state index is 11.1. The van der Waals surface area contributed by atoms with E-state index in [9.17, 15) is 4.79 Å². The number of nitrogens with two attached hydrogens (primary N) is 1. The van der Waals surface area contributed by atoms with E-state index in [-0.39, 0.29) is 18.4 Å². The van der Waals surface area contributed by atoms with Crippen LogP contribution in [0.1, 0.15) is 30.8 Å². The first kappa shape index (κ1) is 13.8. The largest absolute Gasteiger partial charge is 0.370 e. The molecule has 6 heteroatoms. The van der Waals surface area contributed by atoms with Gasteiger partial charge >= 0.3 is 0 Å². The van der Waals surface area contributed by atoms with Crippen LogP contribution in [0.2, 0.25) is 0 Å². The first-order valence-electron chi connectivity index (χ1n) is 6.20. The molecule has 19 heavy (non-hydrogen) atoms. The summed E-state index contributed by atoms with van der Waals surface area (Å²) >= 11 is 5.81. The number of hydrogen-bond donors (Lipinski definition) is 1. The molecule has 2 aromatic rings. The molecule has 5 nitrogen and oxygen atoms in total. The van der Waals surface area contributed by atoms with Crippen molar-refractivity contribution in [3.63, 3.8) is 0 Å². The fourth-order valence-electron chi connectivity index (χ4n) is 2.24. The minimum atomic E-state index is -0.335. The van der Waals surface area contributed by atoms with Crippen LogP contribution in [-0.2, 0) is 11.2 Å². The lowest BCUT2D eigenvalue weighted by atomic mass is 10.2. The zero-order valence-electron chi connectivity index (χ0n) is 11.1. The molecule has 2 heterocycles. The van der Waals surface area contributed by atoms with Crippen LogP contribution >= 0.6 is 11.6 Å². The predicted molar refractivity (Wildman–Crippen MR) is 75.2 cm³/mol. The van der Waals surface area contributed by atoms with Crippen LogP contribution in [0.5, 0.6) is 0 Å². The molecule has 0 fully saturated rings. The second-order valence-corrected chi connectivity index (χ2v) is 5.09. The third-order valence-corrected chi connectivity index (χ3v) is 3.18. The number of imidazole rings is 1. The van der Waals surface area contributed by atoms with Gasteiger partial charge in [-0.3, -0.25) is 4.79 Å². The van der Waals surface area contributed by atoms with Crippen molar-refractivity contribution in [2.75, 3.05) is 5.88 Å². The minimum Gasteiger partial charge on any atom is -0.370 e. The van der Waals surface area contributed by atoms with Gasteiger partial charge in [-0.2, -0.15) is 0 Å². The fourth-order valence-corrected chi connectivity index (χ4v) is 2.41. The van der Waals surface area contributed by atoms with Gasteiger partial charge in [-0.25, -0.2) is 9.97 Å². The van der Waals surface area contributed by atoms with Gasteiger partial charge < -0.3 is 10.3 Å². The maximum atomic E-state index is 11.1. The third kappa shape index (κ3) is 2.87. The molecule has 2 aromatic heterocycles. The molecule has 0 radical (unpaired) electrons. The van der Waals surface area contributed by atoms with Crippen LogP contribution < -0.4 is 5.73 Å². The van der Waals surface area contributed by atoms with E-state index < -0.39 is 0 Å². The number of hydrogen-bond acceptors (Lipinski definition) is 3. The summed E-state index contributed by atoms with van der Waals surface area (Å²) in [5, 5.41) is 0. The second kappa shape index (κ2) is 5.57. The van der Waals surface area contributed by atoms with Crippen LogP contribution in [0.15, 0.2) is 12.3 Å². The van der Waals surface area contributed by atoms with Crippen molar-refractivity contribution < 1.29 is 4.79 Å². The van der Waals surface area contributed by atoms with E-state index in [1.165, 1.54) is 0 Å². The van der Waals surface area contributed by atoms with Gasteiger partial charge in [0.05, 0.1) is 0 Å². The smallest absolute Gasteiger partial charge is 0.219 e. The van der Waals surface area contributed by atoms with Crippen molar-refractivity contribution >= 4 is 28.7 Å². The van der Waals surface area contributed by atoms with Crippen molar-refractivity contribution in [2.45, 2.75) is 32.7 Å².